The lowest BCUT2D eigenvalue weighted by atomic mass is 10.2. The molecule has 1 N–H and O–H groups in total. The van der Waals surface area contributed by atoms with Crippen LogP contribution in [0.15, 0.2) is 35.3 Å². The number of benzene rings is 1. The number of hydrogen-bond acceptors (Lipinski definition) is 3. The smallest absolute Gasteiger partial charge is 0.179 e. The summed E-state index contributed by atoms with van der Waals surface area (Å²) in [4.78, 5) is 9.77. The molecule has 1 aliphatic heterocycles. The Morgan fingerprint density at radius 2 is 2.00 bits per heavy atom. The summed E-state index contributed by atoms with van der Waals surface area (Å²) in [6, 6.07) is 9.99. The lowest BCUT2D eigenvalue weighted by molar-refractivity contribution is 0.0107. The van der Waals surface area contributed by atoms with Gasteiger partial charge in [-0.2, -0.15) is 0 Å². The van der Waals surface area contributed by atoms with Crippen LogP contribution in [0.1, 0.15) is 19.4 Å². The Balaban J connectivity index is 2.18. The molecule has 0 radical (unpaired) electrons. The van der Waals surface area contributed by atoms with Gasteiger partial charge >= 0.3 is 0 Å². The van der Waals surface area contributed by atoms with E-state index in [4.69, 9.17) is 4.84 Å². The number of amidine groups is 1. The molecule has 1 atom stereocenters. The van der Waals surface area contributed by atoms with Gasteiger partial charge in [-0.15, -0.1) is 0 Å². The molecular formula is C11H14N2O. The first-order chi connectivity index (χ1) is 6.77. The van der Waals surface area contributed by atoms with E-state index in [1.807, 2.05) is 30.3 Å². The van der Waals surface area contributed by atoms with Gasteiger partial charge in [0, 0.05) is 11.5 Å². The highest BCUT2D eigenvalue weighted by Gasteiger charge is 2.21. The van der Waals surface area contributed by atoms with Gasteiger partial charge in [-0.25, -0.2) is 15.3 Å². The molecule has 0 saturated heterocycles. The number of hydrogen-bond donors (Lipinski definition) is 1. The summed E-state index contributed by atoms with van der Waals surface area (Å²) in [5.74, 6) is 1.22. The Kier molecular flexibility index (Phi) is 2.50. The number of hydroxylamine groups is 1. The van der Waals surface area contributed by atoms with Crippen molar-refractivity contribution in [2.24, 2.45) is 10.9 Å². The van der Waals surface area contributed by atoms with E-state index in [1.165, 1.54) is 0 Å². The second-order valence-corrected chi connectivity index (χ2v) is 3.70. The maximum Gasteiger partial charge on any atom is 0.179 e. The molecule has 0 spiro atoms. The fourth-order valence-electron chi connectivity index (χ4n) is 1.31. The van der Waals surface area contributed by atoms with E-state index in [0.717, 1.165) is 11.4 Å². The van der Waals surface area contributed by atoms with E-state index in [1.54, 1.807) is 0 Å². The first-order valence-corrected chi connectivity index (χ1v) is 4.82. The normalized spacial score (nSPS) is 20.8. The summed E-state index contributed by atoms with van der Waals surface area (Å²) < 4.78 is 0. The van der Waals surface area contributed by atoms with E-state index in [-0.39, 0.29) is 6.23 Å². The second kappa shape index (κ2) is 3.80. The lowest BCUT2D eigenvalue weighted by Crippen LogP contribution is -2.21. The molecule has 0 saturated carbocycles. The van der Waals surface area contributed by atoms with Gasteiger partial charge in [0.15, 0.2) is 12.1 Å². The molecule has 1 aliphatic rings. The van der Waals surface area contributed by atoms with E-state index in [2.05, 4.69) is 24.3 Å². The van der Waals surface area contributed by atoms with E-state index >= 15 is 0 Å². The third kappa shape index (κ3) is 1.77. The Labute approximate surface area is 83.8 Å². The van der Waals surface area contributed by atoms with E-state index in [0.29, 0.717) is 5.92 Å². The van der Waals surface area contributed by atoms with Crippen LogP contribution < -0.4 is 5.48 Å². The predicted octanol–water partition coefficient (Wildman–Crippen LogP) is 1.95. The highest BCUT2D eigenvalue weighted by molar-refractivity contribution is 5.98. The van der Waals surface area contributed by atoms with Crippen molar-refractivity contribution < 1.29 is 4.84 Å². The third-order valence-corrected chi connectivity index (χ3v) is 2.15. The summed E-state index contributed by atoms with van der Waals surface area (Å²) in [7, 11) is 0. The predicted molar refractivity (Wildman–Crippen MR) is 55.8 cm³/mol. The van der Waals surface area contributed by atoms with Crippen LogP contribution in [0.5, 0.6) is 0 Å². The number of aliphatic imine (C=N–C) groups is 1. The average Bonchev–Trinajstić information content (AvgIpc) is 2.68. The first-order valence-electron chi connectivity index (χ1n) is 4.82. The zero-order chi connectivity index (χ0) is 9.97. The van der Waals surface area contributed by atoms with Gasteiger partial charge in [-0.05, 0) is 0 Å². The monoisotopic (exact) mass is 190 g/mol. The topological polar surface area (TPSA) is 33.6 Å². The Morgan fingerprint density at radius 3 is 2.57 bits per heavy atom. The molecule has 1 aromatic rings. The van der Waals surface area contributed by atoms with Crippen molar-refractivity contribution in [1.29, 1.82) is 0 Å². The molecule has 14 heavy (non-hydrogen) atoms. The van der Waals surface area contributed by atoms with Crippen molar-refractivity contribution in [2.45, 2.75) is 20.1 Å². The molecule has 0 fully saturated rings. The van der Waals surface area contributed by atoms with Gasteiger partial charge in [0.2, 0.25) is 0 Å². The van der Waals surface area contributed by atoms with Crippen molar-refractivity contribution in [2.75, 3.05) is 0 Å². The van der Waals surface area contributed by atoms with Gasteiger partial charge < -0.3 is 0 Å². The molecular weight excluding hydrogens is 176 g/mol. The summed E-state index contributed by atoms with van der Waals surface area (Å²) in [5, 5.41) is 0. The van der Waals surface area contributed by atoms with E-state index < -0.39 is 0 Å². The third-order valence-electron chi connectivity index (χ3n) is 2.15. The van der Waals surface area contributed by atoms with Gasteiger partial charge in [0.25, 0.3) is 0 Å². The van der Waals surface area contributed by atoms with Crippen LogP contribution in [0.25, 0.3) is 0 Å². The van der Waals surface area contributed by atoms with E-state index in [9.17, 15) is 0 Å². The Bertz CT molecular complexity index is 332. The molecule has 2 rings (SSSR count). The summed E-state index contributed by atoms with van der Waals surface area (Å²) in [6.45, 7) is 4.17. The van der Waals surface area contributed by atoms with Crippen molar-refractivity contribution in [1.82, 2.24) is 5.48 Å². The van der Waals surface area contributed by atoms with Crippen LogP contribution in [-0.2, 0) is 4.84 Å². The zero-order valence-corrected chi connectivity index (χ0v) is 8.40. The minimum Gasteiger partial charge on any atom is -0.248 e. The largest absolute Gasteiger partial charge is 0.248 e. The van der Waals surface area contributed by atoms with Gasteiger partial charge in [0.1, 0.15) is 0 Å². The Hall–Kier alpha value is -1.35. The molecule has 0 bridgehead atoms. The van der Waals surface area contributed by atoms with Crippen LogP contribution in [0.2, 0.25) is 0 Å². The van der Waals surface area contributed by atoms with Crippen LogP contribution in [0, 0.1) is 5.92 Å². The number of rotatable bonds is 2. The maximum atomic E-state index is 5.33. The second-order valence-electron chi connectivity index (χ2n) is 3.70. The molecule has 1 unspecified atom stereocenters. The summed E-state index contributed by atoms with van der Waals surface area (Å²) in [6.07, 6.45) is -0.0646. The highest BCUT2D eigenvalue weighted by Crippen LogP contribution is 2.14. The van der Waals surface area contributed by atoms with Crippen LogP contribution in [0.3, 0.4) is 0 Å². The fourth-order valence-corrected chi connectivity index (χ4v) is 1.31. The fraction of sp³-hybridized carbons (Fsp3) is 0.364. The lowest BCUT2D eigenvalue weighted by Gasteiger charge is -2.07. The average molecular weight is 190 g/mol. The van der Waals surface area contributed by atoms with Crippen molar-refractivity contribution in [3.05, 3.63) is 35.9 Å². The quantitative estimate of drug-likeness (QED) is 0.773. The number of nitrogens with zero attached hydrogens (tertiary/aromatic N) is 1. The molecule has 1 aromatic carbocycles. The first kappa shape index (κ1) is 9.21. The molecule has 1 heterocycles. The molecule has 3 nitrogen and oxygen atoms in total. The molecule has 0 amide bonds. The molecule has 74 valence electrons. The minimum atomic E-state index is -0.0646. The zero-order valence-electron chi connectivity index (χ0n) is 8.40. The van der Waals surface area contributed by atoms with Gasteiger partial charge in [-0.3, -0.25) is 0 Å². The Morgan fingerprint density at radius 1 is 1.29 bits per heavy atom. The van der Waals surface area contributed by atoms with Gasteiger partial charge in [0.05, 0.1) is 0 Å². The maximum absolute atomic E-state index is 5.33. The highest BCUT2D eigenvalue weighted by atomic mass is 16.7. The summed E-state index contributed by atoms with van der Waals surface area (Å²) >= 11 is 0. The minimum absolute atomic E-state index is 0.0646. The van der Waals surface area contributed by atoms with Crippen molar-refractivity contribution >= 4 is 5.84 Å². The molecule has 0 aliphatic carbocycles. The van der Waals surface area contributed by atoms with Crippen molar-refractivity contribution in [3.8, 4) is 0 Å². The standard InChI is InChI=1S/C11H14N2O/c1-8(2)11-12-10(13-14-11)9-6-4-3-5-7-9/h3-8,11H,1-2H3,(H,12,13). The summed E-state index contributed by atoms with van der Waals surface area (Å²) in [5.41, 5.74) is 3.92. The SMILES string of the molecule is CC(C)C1N=C(c2ccccc2)NO1. The molecule has 0 aromatic heterocycles. The van der Waals surface area contributed by atoms with Crippen LogP contribution >= 0.6 is 0 Å². The van der Waals surface area contributed by atoms with Crippen molar-refractivity contribution in [3.63, 3.8) is 0 Å². The van der Waals surface area contributed by atoms with Crippen LogP contribution in [-0.4, -0.2) is 12.1 Å². The van der Waals surface area contributed by atoms with Gasteiger partial charge in [-0.1, -0.05) is 44.2 Å². The number of nitrogens with one attached hydrogen (secondary N) is 1. The molecule has 3 heteroatoms. The van der Waals surface area contributed by atoms with Crippen LogP contribution in [0.4, 0.5) is 0 Å².